The van der Waals surface area contributed by atoms with E-state index in [0.29, 0.717) is 11.0 Å². The molecule has 1 aromatic heterocycles. The van der Waals surface area contributed by atoms with Gasteiger partial charge in [-0.05, 0) is 6.42 Å². The first-order valence-corrected chi connectivity index (χ1v) is 4.03. The molecule has 0 atom stereocenters. The second-order valence-corrected chi connectivity index (χ2v) is 2.67. The second-order valence-electron chi connectivity index (χ2n) is 2.23. The Labute approximate surface area is 76.5 Å². The SMILES string of the molecule is C=CCCNc1ncc(Cl)cn1. The summed E-state index contributed by atoms with van der Waals surface area (Å²) in [7, 11) is 0. The van der Waals surface area contributed by atoms with Gasteiger partial charge in [-0.25, -0.2) is 9.97 Å². The first kappa shape index (κ1) is 9.00. The first-order chi connectivity index (χ1) is 5.83. The minimum Gasteiger partial charge on any atom is -0.354 e. The summed E-state index contributed by atoms with van der Waals surface area (Å²) in [6.07, 6.45) is 5.85. The van der Waals surface area contributed by atoms with Gasteiger partial charge in [0.25, 0.3) is 0 Å². The minimum absolute atomic E-state index is 0.546. The van der Waals surface area contributed by atoms with E-state index in [1.165, 1.54) is 0 Å². The third kappa shape index (κ3) is 2.88. The van der Waals surface area contributed by atoms with Crippen LogP contribution in [0, 0.1) is 0 Å². The van der Waals surface area contributed by atoms with Crippen molar-refractivity contribution in [3.63, 3.8) is 0 Å². The van der Waals surface area contributed by atoms with E-state index in [1.807, 2.05) is 6.08 Å². The largest absolute Gasteiger partial charge is 0.354 e. The van der Waals surface area contributed by atoms with E-state index in [9.17, 15) is 0 Å². The van der Waals surface area contributed by atoms with Gasteiger partial charge in [-0.2, -0.15) is 0 Å². The van der Waals surface area contributed by atoms with Gasteiger partial charge in [0.15, 0.2) is 0 Å². The zero-order valence-electron chi connectivity index (χ0n) is 6.63. The van der Waals surface area contributed by atoms with Crippen molar-refractivity contribution in [1.29, 1.82) is 0 Å². The number of hydrogen-bond donors (Lipinski definition) is 1. The molecule has 0 radical (unpaired) electrons. The fraction of sp³-hybridized carbons (Fsp3) is 0.250. The number of nitrogens with one attached hydrogen (secondary N) is 1. The predicted octanol–water partition coefficient (Wildman–Crippen LogP) is 2.12. The average molecular weight is 184 g/mol. The molecule has 0 aliphatic carbocycles. The van der Waals surface area contributed by atoms with Crippen LogP contribution in [0.5, 0.6) is 0 Å². The summed E-state index contributed by atoms with van der Waals surface area (Å²) in [6.45, 7) is 4.40. The molecule has 12 heavy (non-hydrogen) atoms. The lowest BCUT2D eigenvalue weighted by Crippen LogP contribution is -2.03. The average Bonchev–Trinajstić information content (AvgIpc) is 2.09. The highest BCUT2D eigenvalue weighted by atomic mass is 35.5. The number of nitrogens with zero attached hydrogens (tertiary/aromatic N) is 2. The van der Waals surface area contributed by atoms with Crippen molar-refractivity contribution < 1.29 is 0 Å². The maximum atomic E-state index is 5.60. The van der Waals surface area contributed by atoms with Crippen molar-refractivity contribution in [2.75, 3.05) is 11.9 Å². The van der Waals surface area contributed by atoms with Crippen molar-refractivity contribution in [2.45, 2.75) is 6.42 Å². The summed E-state index contributed by atoms with van der Waals surface area (Å²) in [4.78, 5) is 7.92. The van der Waals surface area contributed by atoms with E-state index in [2.05, 4.69) is 21.9 Å². The highest BCUT2D eigenvalue weighted by Crippen LogP contribution is 2.05. The van der Waals surface area contributed by atoms with Crippen molar-refractivity contribution >= 4 is 17.5 Å². The molecule has 4 heteroatoms. The van der Waals surface area contributed by atoms with Gasteiger partial charge in [0.05, 0.1) is 17.4 Å². The van der Waals surface area contributed by atoms with E-state index < -0.39 is 0 Å². The molecule has 0 aromatic carbocycles. The fourth-order valence-electron chi connectivity index (χ4n) is 0.690. The Morgan fingerprint density at radius 2 is 2.17 bits per heavy atom. The standard InChI is InChI=1S/C8H10ClN3/c1-2-3-4-10-8-11-5-7(9)6-12-8/h2,5-6H,1,3-4H2,(H,10,11,12). The predicted molar refractivity (Wildman–Crippen MR) is 50.3 cm³/mol. The number of aromatic nitrogens is 2. The van der Waals surface area contributed by atoms with E-state index in [4.69, 9.17) is 11.6 Å². The number of hydrogen-bond acceptors (Lipinski definition) is 3. The van der Waals surface area contributed by atoms with Crippen LogP contribution in [0.3, 0.4) is 0 Å². The van der Waals surface area contributed by atoms with Gasteiger partial charge in [0.1, 0.15) is 0 Å². The van der Waals surface area contributed by atoms with E-state index in [0.717, 1.165) is 13.0 Å². The van der Waals surface area contributed by atoms with E-state index in [-0.39, 0.29) is 0 Å². The highest BCUT2D eigenvalue weighted by molar-refractivity contribution is 6.30. The zero-order chi connectivity index (χ0) is 8.81. The molecule has 0 unspecified atom stereocenters. The lowest BCUT2D eigenvalue weighted by Gasteiger charge is -2.00. The van der Waals surface area contributed by atoms with Crippen LogP contribution in [0.1, 0.15) is 6.42 Å². The number of anilines is 1. The molecule has 1 aromatic rings. The molecule has 1 heterocycles. The Morgan fingerprint density at radius 1 is 1.50 bits per heavy atom. The van der Waals surface area contributed by atoms with Crippen molar-refractivity contribution in [3.8, 4) is 0 Å². The summed E-state index contributed by atoms with van der Waals surface area (Å²) in [5.41, 5.74) is 0. The minimum atomic E-state index is 0.546. The van der Waals surface area contributed by atoms with Gasteiger partial charge in [-0.1, -0.05) is 17.7 Å². The van der Waals surface area contributed by atoms with Gasteiger partial charge >= 0.3 is 0 Å². The molecule has 0 aliphatic heterocycles. The lowest BCUT2D eigenvalue weighted by atomic mass is 10.4. The molecule has 0 amide bonds. The van der Waals surface area contributed by atoms with Gasteiger partial charge in [-0.15, -0.1) is 6.58 Å². The molecule has 3 nitrogen and oxygen atoms in total. The van der Waals surface area contributed by atoms with E-state index in [1.54, 1.807) is 12.4 Å². The Bertz CT molecular complexity index is 245. The maximum Gasteiger partial charge on any atom is 0.222 e. The van der Waals surface area contributed by atoms with Gasteiger partial charge in [0.2, 0.25) is 5.95 Å². The van der Waals surface area contributed by atoms with Crippen LogP contribution >= 0.6 is 11.6 Å². The first-order valence-electron chi connectivity index (χ1n) is 3.65. The molecule has 0 fully saturated rings. The molecular weight excluding hydrogens is 174 g/mol. The van der Waals surface area contributed by atoms with Crippen LogP contribution in [0.25, 0.3) is 0 Å². The molecule has 0 saturated heterocycles. The van der Waals surface area contributed by atoms with E-state index >= 15 is 0 Å². The topological polar surface area (TPSA) is 37.8 Å². The summed E-state index contributed by atoms with van der Waals surface area (Å²) in [5, 5.41) is 3.57. The molecule has 0 saturated carbocycles. The van der Waals surface area contributed by atoms with Crippen LogP contribution in [0.2, 0.25) is 5.02 Å². The van der Waals surface area contributed by atoms with Crippen LogP contribution in [-0.2, 0) is 0 Å². The number of rotatable bonds is 4. The zero-order valence-corrected chi connectivity index (χ0v) is 7.38. The van der Waals surface area contributed by atoms with Crippen LogP contribution in [-0.4, -0.2) is 16.5 Å². The summed E-state index contributed by atoms with van der Waals surface area (Å²) in [5.74, 6) is 0.598. The fourth-order valence-corrected chi connectivity index (χ4v) is 0.787. The normalized spacial score (nSPS) is 9.42. The van der Waals surface area contributed by atoms with Crippen LogP contribution in [0.4, 0.5) is 5.95 Å². The van der Waals surface area contributed by atoms with Crippen LogP contribution < -0.4 is 5.32 Å². The Hall–Kier alpha value is -1.09. The lowest BCUT2D eigenvalue weighted by molar-refractivity contribution is 1.02. The quantitative estimate of drug-likeness (QED) is 0.574. The smallest absolute Gasteiger partial charge is 0.222 e. The maximum absolute atomic E-state index is 5.60. The van der Waals surface area contributed by atoms with Crippen molar-refractivity contribution in [2.24, 2.45) is 0 Å². The monoisotopic (exact) mass is 183 g/mol. The summed E-state index contributed by atoms with van der Waals surface area (Å²) in [6, 6.07) is 0. The molecule has 0 spiro atoms. The molecule has 0 bridgehead atoms. The molecular formula is C8H10ClN3. The van der Waals surface area contributed by atoms with Crippen molar-refractivity contribution in [1.82, 2.24) is 9.97 Å². The third-order valence-electron chi connectivity index (χ3n) is 1.25. The Balaban J connectivity index is 2.42. The third-order valence-corrected chi connectivity index (χ3v) is 1.45. The molecule has 1 rings (SSSR count). The molecule has 0 aliphatic rings. The molecule has 64 valence electrons. The Morgan fingerprint density at radius 3 is 2.75 bits per heavy atom. The van der Waals surface area contributed by atoms with Crippen molar-refractivity contribution in [3.05, 3.63) is 30.1 Å². The molecule has 1 N–H and O–H groups in total. The second kappa shape index (κ2) is 4.72. The summed E-state index contributed by atoms with van der Waals surface area (Å²) < 4.78 is 0. The van der Waals surface area contributed by atoms with Gasteiger partial charge in [-0.3, -0.25) is 0 Å². The van der Waals surface area contributed by atoms with Crippen LogP contribution in [0.15, 0.2) is 25.0 Å². The van der Waals surface area contributed by atoms with Gasteiger partial charge in [0, 0.05) is 6.54 Å². The highest BCUT2D eigenvalue weighted by Gasteiger charge is 1.92. The number of halogens is 1. The van der Waals surface area contributed by atoms with Gasteiger partial charge < -0.3 is 5.32 Å². The Kier molecular flexibility index (Phi) is 3.54. The summed E-state index contributed by atoms with van der Waals surface area (Å²) >= 11 is 5.60.